The smallest absolute Gasteiger partial charge is 0.329 e. The number of nitro groups is 1. The van der Waals surface area contributed by atoms with Gasteiger partial charge in [0.15, 0.2) is 5.75 Å². The highest BCUT2D eigenvalue weighted by Gasteiger charge is 2.15. The van der Waals surface area contributed by atoms with Gasteiger partial charge in [-0.15, -0.1) is 0 Å². The molecule has 0 saturated carbocycles. The van der Waals surface area contributed by atoms with Gasteiger partial charge in [0.25, 0.3) is 0 Å². The van der Waals surface area contributed by atoms with Crippen molar-refractivity contribution in [2.75, 3.05) is 26.2 Å². The third-order valence-corrected chi connectivity index (χ3v) is 2.82. The Kier molecular flexibility index (Phi) is 3.87. The highest BCUT2D eigenvalue weighted by molar-refractivity contribution is 5.42. The van der Waals surface area contributed by atoms with Crippen LogP contribution in [0.25, 0.3) is 0 Å². The number of pyridine rings is 1. The average molecular weight is 237 g/mol. The van der Waals surface area contributed by atoms with Crippen LogP contribution < -0.4 is 4.74 Å². The van der Waals surface area contributed by atoms with E-state index < -0.39 is 4.92 Å². The Hall–Kier alpha value is -1.69. The maximum absolute atomic E-state index is 10.7. The third kappa shape index (κ3) is 3.13. The number of ether oxygens (including phenoxy) is 1. The molecular weight excluding hydrogens is 222 g/mol. The number of aromatic nitrogens is 1. The summed E-state index contributed by atoms with van der Waals surface area (Å²) >= 11 is 0. The molecule has 2 rings (SSSR count). The highest BCUT2D eigenvalue weighted by Crippen LogP contribution is 2.24. The zero-order chi connectivity index (χ0) is 12.1. The number of nitrogens with zero attached hydrogens (tertiary/aromatic N) is 3. The molecule has 1 aromatic rings. The third-order valence-electron chi connectivity index (χ3n) is 2.82. The molecule has 0 N–H and O–H groups in total. The molecule has 6 nitrogen and oxygen atoms in total. The molecule has 0 bridgehead atoms. The summed E-state index contributed by atoms with van der Waals surface area (Å²) in [6.45, 7) is 3.49. The molecule has 1 aliphatic rings. The lowest BCUT2D eigenvalue weighted by Gasteiger charge is -2.14. The van der Waals surface area contributed by atoms with Crippen molar-refractivity contribution in [1.29, 1.82) is 0 Å². The van der Waals surface area contributed by atoms with Crippen LogP contribution in [0.3, 0.4) is 0 Å². The van der Waals surface area contributed by atoms with Gasteiger partial charge in [-0.1, -0.05) is 0 Å². The molecule has 0 atom stereocenters. The first-order valence-corrected chi connectivity index (χ1v) is 5.71. The number of hydrogen-bond donors (Lipinski definition) is 0. The van der Waals surface area contributed by atoms with Crippen molar-refractivity contribution in [1.82, 2.24) is 9.88 Å². The molecule has 0 spiro atoms. The zero-order valence-corrected chi connectivity index (χ0v) is 9.54. The molecule has 0 unspecified atom stereocenters. The van der Waals surface area contributed by atoms with Gasteiger partial charge < -0.3 is 4.74 Å². The van der Waals surface area contributed by atoms with Crippen LogP contribution in [0.1, 0.15) is 12.8 Å². The van der Waals surface area contributed by atoms with Crippen molar-refractivity contribution in [2.24, 2.45) is 0 Å². The second kappa shape index (κ2) is 5.58. The van der Waals surface area contributed by atoms with Crippen molar-refractivity contribution < 1.29 is 9.66 Å². The predicted octanol–water partition coefficient (Wildman–Crippen LogP) is 1.46. The van der Waals surface area contributed by atoms with E-state index in [9.17, 15) is 10.1 Å². The Balaban J connectivity index is 1.87. The summed E-state index contributed by atoms with van der Waals surface area (Å²) in [7, 11) is 0. The maximum Gasteiger partial charge on any atom is 0.329 e. The summed E-state index contributed by atoms with van der Waals surface area (Å²) < 4.78 is 5.44. The molecule has 0 aliphatic carbocycles. The molecule has 0 amide bonds. The molecule has 1 aliphatic heterocycles. The molecule has 1 aromatic heterocycles. The lowest BCUT2D eigenvalue weighted by atomic mass is 10.4. The van der Waals surface area contributed by atoms with Gasteiger partial charge in [0.05, 0.1) is 4.92 Å². The summed E-state index contributed by atoms with van der Waals surface area (Å²) in [5, 5.41) is 10.7. The largest absolute Gasteiger partial charge is 0.485 e. The minimum absolute atomic E-state index is 0.0751. The van der Waals surface area contributed by atoms with Gasteiger partial charge in [0, 0.05) is 18.8 Å². The van der Waals surface area contributed by atoms with Crippen LogP contribution in [0.2, 0.25) is 0 Å². The van der Waals surface area contributed by atoms with Crippen molar-refractivity contribution in [3.05, 3.63) is 28.6 Å². The molecule has 17 heavy (non-hydrogen) atoms. The Morgan fingerprint density at radius 1 is 1.47 bits per heavy atom. The van der Waals surface area contributed by atoms with Crippen LogP contribution in [0, 0.1) is 10.1 Å². The fourth-order valence-corrected chi connectivity index (χ4v) is 1.92. The lowest BCUT2D eigenvalue weighted by Crippen LogP contribution is -2.25. The number of rotatable bonds is 5. The van der Waals surface area contributed by atoms with Crippen molar-refractivity contribution in [3.8, 4) is 5.75 Å². The van der Waals surface area contributed by atoms with Gasteiger partial charge in [-0.05, 0) is 25.9 Å². The van der Waals surface area contributed by atoms with E-state index in [0.29, 0.717) is 12.4 Å². The zero-order valence-electron chi connectivity index (χ0n) is 9.54. The van der Waals surface area contributed by atoms with Gasteiger partial charge in [-0.2, -0.15) is 0 Å². The van der Waals surface area contributed by atoms with Gasteiger partial charge in [-0.25, -0.2) is 0 Å². The number of hydrogen-bond acceptors (Lipinski definition) is 5. The van der Waals surface area contributed by atoms with Gasteiger partial charge >= 0.3 is 5.69 Å². The lowest BCUT2D eigenvalue weighted by molar-refractivity contribution is -0.386. The van der Waals surface area contributed by atoms with Crippen LogP contribution >= 0.6 is 0 Å². The Labute approximate surface area is 99.4 Å². The van der Waals surface area contributed by atoms with E-state index in [4.69, 9.17) is 4.74 Å². The van der Waals surface area contributed by atoms with Gasteiger partial charge in [-0.3, -0.25) is 20.0 Å². The Bertz CT molecular complexity index is 391. The molecule has 2 heterocycles. The summed E-state index contributed by atoms with van der Waals surface area (Å²) in [5.74, 6) is 0.296. The summed E-state index contributed by atoms with van der Waals surface area (Å²) in [6.07, 6.45) is 5.17. The van der Waals surface area contributed by atoms with Crippen LogP contribution in [0.15, 0.2) is 18.5 Å². The van der Waals surface area contributed by atoms with E-state index in [1.54, 1.807) is 0 Å². The summed E-state index contributed by atoms with van der Waals surface area (Å²) in [5.41, 5.74) is -0.0751. The molecule has 92 valence electrons. The van der Waals surface area contributed by atoms with Crippen LogP contribution in [0.5, 0.6) is 5.75 Å². The van der Waals surface area contributed by atoms with Crippen LogP contribution in [0.4, 0.5) is 5.69 Å². The topological polar surface area (TPSA) is 68.5 Å². The first-order chi connectivity index (χ1) is 8.27. The normalized spacial score (nSPS) is 16.0. The van der Waals surface area contributed by atoms with E-state index in [1.165, 1.54) is 31.3 Å². The SMILES string of the molecule is O=[N+]([O-])c1cnccc1OCCN1CCCC1. The van der Waals surface area contributed by atoms with Crippen molar-refractivity contribution >= 4 is 5.69 Å². The quantitative estimate of drug-likeness (QED) is 0.573. The average Bonchev–Trinajstić information content (AvgIpc) is 2.82. The minimum Gasteiger partial charge on any atom is -0.485 e. The van der Waals surface area contributed by atoms with Gasteiger partial charge in [0.1, 0.15) is 12.8 Å². The first kappa shape index (κ1) is 11.8. The second-order valence-electron chi connectivity index (χ2n) is 4.00. The predicted molar refractivity (Wildman–Crippen MR) is 62.1 cm³/mol. The van der Waals surface area contributed by atoms with Crippen molar-refractivity contribution in [2.45, 2.75) is 12.8 Å². The second-order valence-corrected chi connectivity index (χ2v) is 4.00. The van der Waals surface area contributed by atoms with Crippen LogP contribution in [-0.4, -0.2) is 41.0 Å². The molecule has 0 radical (unpaired) electrons. The maximum atomic E-state index is 10.7. The molecule has 0 aromatic carbocycles. The van der Waals surface area contributed by atoms with Crippen molar-refractivity contribution in [3.63, 3.8) is 0 Å². The van der Waals surface area contributed by atoms with E-state index >= 15 is 0 Å². The molecule has 1 fully saturated rings. The van der Waals surface area contributed by atoms with E-state index in [2.05, 4.69) is 9.88 Å². The Morgan fingerprint density at radius 3 is 2.94 bits per heavy atom. The monoisotopic (exact) mass is 237 g/mol. The molecule has 1 saturated heterocycles. The fourth-order valence-electron chi connectivity index (χ4n) is 1.92. The summed E-state index contributed by atoms with van der Waals surface area (Å²) in [6, 6.07) is 1.53. The molecule has 6 heteroatoms. The van der Waals surface area contributed by atoms with E-state index in [1.807, 2.05) is 0 Å². The van der Waals surface area contributed by atoms with E-state index in [0.717, 1.165) is 19.6 Å². The molecular formula is C11H15N3O3. The van der Waals surface area contributed by atoms with E-state index in [-0.39, 0.29) is 5.69 Å². The van der Waals surface area contributed by atoms with Gasteiger partial charge in [0.2, 0.25) is 0 Å². The standard InChI is InChI=1S/C11H15N3O3/c15-14(16)10-9-12-4-3-11(10)17-8-7-13-5-1-2-6-13/h3-4,9H,1-2,5-8H2. The van der Waals surface area contributed by atoms with Crippen LogP contribution in [-0.2, 0) is 0 Å². The Morgan fingerprint density at radius 2 is 2.24 bits per heavy atom. The number of likely N-dealkylation sites (tertiary alicyclic amines) is 1. The highest BCUT2D eigenvalue weighted by atomic mass is 16.6. The summed E-state index contributed by atoms with van der Waals surface area (Å²) in [4.78, 5) is 16.3. The minimum atomic E-state index is -0.474. The fraction of sp³-hybridized carbons (Fsp3) is 0.545. The first-order valence-electron chi connectivity index (χ1n) is 5.71.